The zero-order valence-corrected chi connectivity index (χ0v) is 17.9. The molecule has 0 bridgehead atoms. The fourth-order valence-corrected chi connectivity index (χ4v) is 5.62. The van der Waals surface area contributed by atoms with Crippen molar-refractivity contribution < 1.29 is 4.79 Å². The van der Waals surface area contributed by atoms with Crippen molar-refractivity contribution >= 4 is 34.7 Å². The van der Waals surface area contributed by atoms with E-state index in [2.05, 4.69) is 44.1 Å². The highest BCUT2D eigenvalue weighted by molar-refractivity contribution is 7.99. The first kappa shape index (κ1) is 18.7. The molecule has 1 amide bonds. The summed E-state index contributed by atoms with van der Waals surface area (Å²) in [5.41, 5.74) is 4.35. The molecule has 7 nitrogen and oxygen atoms in total. The molecule has 2 aromatic heterocycles. The molecule has 9 heteroatoms. The smallest absolute Gasteiger partial charge is 0.237 e. The van der Waals surface area contributed by atoms with Gasteiger partial charge < -0.3 is 4.90 Å². The van der Waals surface area contributed by atoms with Crippen molar-refractivity contribution in [1.29, 1.82) is 0 Å². The lowest BCUT2D eigenvalue weighted by molar-refractivity contribution is -0.116. The molecule has 0 atom stereocenters. The van der Waals surface area contributed by atoms with E-state index in [1.54, 1.807) is 11.3 Å². The molecule has 2 aliphatic rings. The van der Waals surface area contributed by atoms with Crippen LogP contribution in [0.25, 0.3) is 11.3 Å². The summed E-state index contributed by atoms with van der Waals surface area (Å²) in [6.45, 7) is 2.74. The minimum Gasteiger partial charge on any atom is -0.311 e. The molecule has 3 heterocycles. The largest absolute Gasteiger partial charge is 0.311 e. The van der Waals surface area contributed by atoms with Gasteiger partial charge in [0.15, 0.2) is 0 Å². The summed E-state index contributed by atoms with van der Waals surface area (Å²) < 4.78 is 1.91. The van der Waals surface area contributed by atoms with Gasteiger partial charge in [-0.2, -0.15) is 0 Å². The molecule has 1 fully saturated rings. The number of aryl methyl sites for hydroxylation is 1. The molecule has 29 heavy (non-hydrogen) atoms. The van der Waals surface area contributed by atoms with E-state index < -0.39 is 0 Å². The van der Waals surface area contributed by atoms with Gasteiger partial charge in [0.2, 0.25) is 11.1 Å². The third kappa shape index (κ3) is 3.69. The lowest BCUT2D eigenvalue weighted by Gasteiger charge is -2.17. The van der Waals surface area contributed by atoms with E-state index in [0.29, 0.717) is 11.8 Å². The minimum absolute atomic E-state index is 0.104. The molecule has 1 saturated carbocycles. The molecule has 0 unspecified atom stereocenters. The van der Waals surface area contributed by atoms with Gasteiger partial charge in [-0.15, -0.1) is 16.4 Å². The van der Waals surface area contributed by atoms with Crippen LogP contribution < -0.4 is 4.90 Å². The van der Waals surface area contributed by atoms with E-state index in [-0.39, 0.29) is 5.91 Å². The summed E-state index contributed by atoms with van der Waals surface area (Å²) in [6, 6.07) is 6.66. The van der Waals surface area contributed by atoms with Gasteiger partial charge in [0, 0.05) is 23.2 Å². The monoisotopic (exact) mass is 426 g/mol. The van der Waals surface area contributed by atoms with Gasteiger partial charge in [-0.25, -0.2) is 9.67 Å². The number of tetrazole rings is 1. The maximum atomic E-state index is 12.9. The zero-order valence-electron chi connectivity index (χ0n) is 16.2. The fraction of sp³-hybridized carbons (Fsp3) is 0.450. The third-order valence-corrected chi connectivity index (χ3v) is 7.34. The first-order valence-electron chi connectivity index (χ1n) is 9.95. The van der Waals surface area contributed by atoms with Crippen molar-refractivity contribution in [1.82, 2.24) is 25.2 Å². The molecule has 5 rings (SSSR count). The quantitative estimate of drug-likeness (QED) is 0.576. The van der Waals surface area contributed by atoms with E-state index in [4.69, 9.17) is 0 Å². The summed E-state index contributed by atoms with van der Waals surface area (Å²) in [6.07, 6.45) is 5.56. The van der Waals surface area contributed by atoms with Gasteiger partial charge in [0.25, 0.3) is 0 Å². The Kier molecular flexibility index (Phi) is 5.09. The molecule has 1 aliphatic carbocycles. The molecule has 0 radical (unpaired) electrons. The Labute approximate surface area is 177 Å². The van der Waals surface area contributed by atoms with Gasteiger partial charge in [0.05, 0.1) is 22.5 Å². The predicted molar refractivity (Wildman–Crippen MR) is 114 cm³/mol. The molecule has 0 saturated heterocycles. The van der Waals surface area contributed by atoms with Gasteiger partial charge >= 0.3 is 0 Å². The number of nitrogens with zero attached hydrogens (tertiary/aromatic N) is 6. The summed E-state index contributed by atoms with van der Waals surface area (Å²) in [5.74, 6) is 0.450. The van der Waals surface area contributed by atoms with Crippen LogP contribution >= 0.6 is 23.1 Å². The van der Waals surface area contributed by atoms with Crippen LogP contribution in [0.1, 0.15) is 42.3 Å². The van der Waals surface area contributed by atoms with Crippen LogP contribution in [0.3, 0.4) is 0 Å². The van der Waals surface area contributed by atoms with E-state index >= 15 is 0 Å². The number of amides is 1. The summed E-state index contributed by atoms with van der Waals surface area (Å²) in [4.78, 5) is 19.4. The molecule has 0 spiro atoms. The Balaban J connectivity index is 1.27. The average Bonchev–Trinajstić information content (AvgIpc) is 3.51. The first-order valence-corrected chi connectivity index (χ1v) is 11.8. The van der Waals surface area contributed by atoms with Crippen molar-refractivity contribution in [3.63, 3.8) is 0 Å². The first-order chi connectivity index (χ1) is 14.2. The number of aromatic nitrogens is 5. The SMILES string of the molecule is Cc1nc(-c2ccc3c(c2)CCN3C(=O)CSc2nnnn2C2CCCC2)cs1. The lowest BCUT2D eigenvalue weighted by atomic mass is 10.1. The maximum Gasteiger partial charge on any atom is 0.237 e. The number of anilines is 1. The topological polar surface area (TPSA) is 76.8 Å². The fourth-order valence-electron chi connectivity index (χ4n) is 4.18. The van der Waals surface area contributed by atoms with Gasteiger partial charge in [-0.3, -0.25) is 4.79 Å². The van der Waals surface area contributed by atoms with Gasteiger partial charge in [-0.05, 0) is 54.3 Å². The van der Waals surface area contributed by atoms with Gasteiger partial charge in [-0.1, -0.05) is 30.7 Å². The van der Waals surface area contributed by atoms with E-state index in [1.165, 1.54) is 30.2 Å². The van der Waals surface area contributed by atoms with Crippen LogP contribution in [0.2, 0.25) is 0 Å². The number of carbonyl (C=O) groups is 1. The number of benzene rings is 1. The Morgan fingerprint density at radius 3 is 2.97 bits per heavy atom. The molecule has 3 aromatic rings. The average molecular weight is 427 g/mol. The molecular formula is C20H22N6OS2. The number of rotatable bonds is 5. The second-order valence-corrected chi connectivity index (χ2v) is 9.53. The van der Waals surface area contributed by atoms with E-state index in [0.717, 1.165) is 52.9 Å². The number of thiazole rings is 1. The van der Waals surface area contributed by atoms with Gasteiger partial charge in [0.1, 0.15) is 0 Å². The lowest BCUT2D eigenvalue weighted by Crippen LogP contribution is -2.30. The highest BCUT2D eigenvalue weighted by Gasteiger charge is 2.27. The Morgan fingerprint density at radius 2 is 2.17 bits per heavy atom. The van der Waals surface area contributed by atoms with Crippen molar-refractivity contribution in [2.45, 2.75) is 50.2 Å². The molecule has 1 aromatic carbocycles. The number of hydrogen-bond acceptors (Lipinski definition) is 7. The Bertz CT molecular complexity index is 1040. The minimum atomic E-state index is 0.104. The van der Waals surface area contributed by atoms with Crippen LogP contribution in [0.5, 0.6) is 0 Å². The summed E-state index contributed by atoms with van der Waals surface area (Å²) in [7, 11) is 0. The molecular weight excluding hydrogens is 404 g/mol. The van der Waals surface area contributed by atoms with Crippen molar-refractivity contribution in [3.8, 4) is 11.3 Å². The van der Waals surface area contributed by atoms with Crippen LogP contribution in [-0.4, -0.2) is 43.4 Å². The highest BCUT2D eigenvalue weighted by atomic mass is 32.2. The normalized spacial score (nSPS) is 16.5. The highest BCUT2D eigenvalue weighted by Crippen LogP contribution is 2.34. The number of fused-ring (bicyclic) bond motifs is 1. The predicted octanol–water partition coefficient (Wildman–Crippen LogP) is 3.90. The number of thioether (sulfide) groups is 1. The summed E-state index contributed by atoms with van der Waals surface area (Å²) >= 11 is 3.10. The molecule has 150 valence electrons. The molecule has 0 N–H and O–H groups in total. The number of carbonyl (C=O) groups excluding carboxylic acids is 1. The third-order valence-electron chi connectivity index (χ3n) is 5.65. The standard InChI is InChI=1S/C20H22N6OS2/c1-13-21-17(11-28-13)14-6-7-18-15(10-14)8-9-25(18)19(27)12-29-20-22-23-24-26(20)16-4-2-3-5-16/h6-7,10-11,16H,2-5,8-9,12H2,1H3. The van der Waals surface area contributed by atoms with Crippen LogP contribution in [0, 0.1) is 6.92 Å². The maximum absolute atomic E-state index is 12.9. The Morgan fingerprint density at radius 1 is 1.31 bits per heavy atom. The van der Waals surface area contributed by atoms with Crippen molar-refractivity contribution in [2.24, 2.45) is 0 Å². The summed E-state index contributed by atoms with van der Waals surface area (Å²) in [5, 5.41) is 16.0. The second kappa shape index (κ2) is 7.87. The Hall–Kier alpha value is -2.26. The van der Waals surface area contributed by atoms with E-state index in [1.807, 2.05) is 16.5 Å². The van der Waals surface area contributed by atoms with Crippen LogP contribution in [0.4, 0.5) is 5.69 Å². The number of hydrogen-bond donors (Lipinski definition) is 0. The molecule has 1 aliphatic heterocycles. The zero-order chi connectivity index (χ0) is 19.8. The van der Waals surface area contributed by atoms with Crippen molar-refractivity contribution in [2.75, 3.05) is 17.2 Å². The van der Waals surface area contributed by atoms with Crippen molar-refractivity contribution in [3.05, 3.63) is 34.2 Å². The van der Waals surface area contributed by atoms with Crippen LogP contribution in [-0.2, 0) is 11.2 Å². The van der Waals surface area contributed by atoms with E-state index in [9.17, 15) is 4.79 Å². The van der Waals surface area contributed by atoms with Crippen LogP contribution in [0.15, 0.2) is 28.7 Å². The second-order valence-electron chi connectivity index (χ2n) is 7.52.